The van der Waals surface area contributed by atoms with Gasteiger partial charge in [0.25, 0.3) is 11.8 Å². The second-order valence-corrected chi connectivity index (χ2v) is 7.31. The number of amides is 2. The van der Waals surface area contributed by atoms with Gasteiger partial charge in [-0.3, -0.25) is 9.59 Å². The van der Waals surface area contributed by atoms with Gasteiger partial charge in [0, 0.05) is 16.3 Å². The normalized spacial score (nSPS) is 12.6. The highest BCUT2D eigenvalue weighted by molar-refractivity contribution is 6.30. The van der Waals surface area contributed by atoms with E-state index in [1.807, 2.05) is 39.0 Å². The van der Waals surface area contributed by atoms with Crippen molar-refractivity contribution in [3.05, 3.63) is 64.7 Å². The van der Waals surface area contributed by atoms with Gasteiger partial charge in [-0.25, -0.2) is 4.79 Å². The first kappa shape index (κ1) is 22.4. The molecule has 0 bridgehead atoms. The van der Waals surface area contributed by atoms with Crippen molar-refractivity contribution >= 4 is 35.1 Å². The first-order valence-electron chi connectivity index (χ1n) is 9.39. The molecule has 6 nitrogen and oxygen atoms in total. The Morgan fingerprint density at radius 1 is 1.10 bits per heavy atom. The Kier molecular flexibility index (Phi) is 8.21. The van der Waals surface area contributed by atoms with Gasteiger partial charge in [0.15, 0.2) is 6.61 Å². The van der Waals surface area contributed by atoms with Gasteiger partial charge < -0.3 is 15.4 Å². The molecule has 0 unspecified atom stereocenters. The summed E-state index contributed by atoms with van der Waals surface area (Å²) in [4.78, 5) is 37.1. The number of esters is 1. The van der Waals surface area contributed by atoms with Crippen LogP contribution in [0.3, 0.4) is 0 Å². The molecule has 2 aromatic rings. The molecule has 2 N–H and O–H groups in total. The zero-order valence-corrected chi connectivity index (χ0v) is 17.5. The van der Waals surface area contributed by atoms with Crippen LogP contribution in [-0.4, -0.2) is 30.4 Å². The molecule has 2 rings (SSSR count). The van der Waals surface area contributed by atoms with E-state index in [-0.39, 0.29) is 5.92 Å². The number of ether oxygens (including phenoxy) is 1. The van der Waals surface area contributed by atoms with Gasteiger partial charge in [0.1, 0.15) is 6.04 Å². The van der Waals surface area contributed by atoms with Crippen LogP contribution in [0.5, 0.6) is 0 Å². The number of carbonyl (C=O) groups excluding carboxylic acids is 3. The number of rotatable bonds is 8. The third-order valence-corrected chi connectivity index (χ3v) is 4.76. The summed E-state index contributed by atoms with van der Waals surface area (Å²) in [5.41, 5.74) is 2.01. The standard InChI is InChI=1S/C22H25ClN2O4/c1-4-15(3)20(25-21(27)16-8-10-17(23)11-9-16)22(28)29-13-19(26)24-18-7-5-6-14(2)12-18/h5-12,15,20H,4,13H2,1-3H3,(H,24,26)(H,25,27)/t15-,20+/m0/s1. The molecule has 0 heterocycles. The summed E-state index contributed by atoms with van der Waals surface area (Å²) in [6, 6.07) is 12.8. The van der Waals surface area contributed by atoms with E-state index in [4.69, 9.17) is 16.3 Å². The number of carbonyl (C=O) groups is 3. The van der Waals surface area contributed by atoms with E-state index in [0.29, 0.717) is 22.7 Å². The lowest BCUT2D eigenvalue weighted by Crippen LogP contribution is -2.46. The Morgan fingerprint density at radius 3 is 2.41 bits per heavy atom. The zero-order valence-electron chi connectivity index (χ0n) is 16.7. The average Bonchev–Trinajstić information content (AvgIpc) is 2.70. The minimum Gasteiger partial charge on any atom is -0.454 e. The lowest BCUT2D eigenvalue weighted by atomic mass is 9.99. The molecule has 0 spiro atoms. The minimum absolute atomic E-state index is 0.168. The summed E-state index contributed by atoms with van der Waals surface area (Å²) in [7, 11) is 0. The SMILES string of the molecule is CC[C@H](C)[C@@H](NC(=O)c1ccc(Cl)cc1)C(=O)OCC(=O)Nc1cccc(C)c1. The molecule has 0 radical (unpaired) electrons. The Morgan fingerprint density at radius 2 is 1.79 bits per heavy atom. The Labute approximate surface area is 175 Å². The summed E-state index contributed by atoms with van der Waals surface area (Å²) < 4.78 is 5.16. The van der Waals surface area contributed by atoms with Crippen molar-refractivity contribution < 1.29 is 19.1 Å². The maximum atomic E-state index is 12.5. The van der Waals surface area contributed by atoms with Crippen molar-refractivity contribution in [1.82, 2.24) is 5.32 Å². The van der Waals surface area contributed by atoms with E-state index in [1.165, 1.54) is 0 Å². The average molecular weight is 417 g/mol. The molecule has 0 saturated heterocycles. The third kappa shape index (κ3) is 6.91. The molecule has 0 aromatic heterocycles. The highest BCUT2D eigenvalue weighted by Gasteiger charge is 2.28. The largest absolute Gasteiger partial charge is 0.454 e. The lowest BCUT2D eigenvalue weighted by Gasteiger charge is -2.22. The first-order chi connectivity index (χ1) is 13.8. The van der Waals surface area contributed by atoms with Gasteiger partial charge >= 0.3 is 5.97 Å². The van der Waals surface area contributed by atoms with Crippen molar-refractivity contribution in [2.24, 2.45) is 5.92 Å². The number of nitrogens with one attached hydrogen (secondary N) is 2. The van der Waals surface area contributed by atoms with Crippen LogP contribution in [0.25, 0.3) is 0 Å². The highest BCUT2D eigenvalue weighted by Crippen LogP contribution is 2.14. The number of anilines is 1. The molecule has 2 atom stereocenters. The molecule has 0 aliphatic heterocycles. The van der Waals surface area contributed by atoms with Gasteiger partial charge in [-0.15, -0.1) is 0 Å². The molecular formula is C22H25ClN2O4. The van der Waals surface area contributed by atoms with E-state index < -0.39 is 30.4 Å². The van der Waals surface area contributed by atoms with Crippen LogP contribution in [0.1, 0.15) is 36.2 Å². The first-order valence-corrected chi connectivity index (χ1v) is 9.77. The molecule has 0 aliphatic carbocycles. The van der Waals surface area contributed by atoms with Crippen LogP contribution in [-0.2, 0) is 14.3 Å². The molecule has 154 valence electrons. The van der Waals surface area contributed by atoms with Crippen molar-refractivity contribution in [3.63, 3.8) is 0 Å². The fourth-order valence-corrected chi connectivity index (χ4v) is 2.77. The van der Waals surface area contributed by atoms with Crippen molar-refractivity contribution in [3.8, 4) is 0 Å². The molecule has 2 amide bonds. The van der Waals surface area contributed by atoms with E-state index in [2.05, 4.69) is 10.6 Å². The monoisotopic (exact) mass is 416 g/mol. The quantitative estimate of drug-likeness (QED) is 0.637. The van der Waals surface area contributed by atoms with E-state index in [9.17, 15) is 14.4 Å². The predicted octanol–water partition coefficient (Wildman–Crippen LogP) is 3.97. The minimum atomic E-state index is -0.866. The summed E-state index contributed by atoms with van der Waals surface area (Å²) in [6.07, 6.45) is 0.649. The number of benzene rings is 2. The van der Waals surface area contributed by atoms with E-state index in [1.54, 1.807) is 30.3 Å². The van der Waals surface area contributed by atoms with Gasteiger partial charge in [0.05, 0.1) is 0 Å². The highest BCUT2D eigenvalue weighted by atomic mass is 35.5. The van der Waals surface area contributed by atoms with Gasteiger partial charge in [0.2, 0.25) is 0 Å². The Bertz CT molecular complexity index is 867. The number of hydrogen-bond acceptors (Lipinski definition) is 4. The van der Waals surface area contributed by atoms with Gasteiger partial charge in [-0.05, 0) is 54.8 Å². The van der Waals surface area contributed by atoms with Crippen LogP contribution in [0.15, 0.2) is 48.5 Å². The summed E-state index contributed by atoms with van der Waals surface area (Å²) in [5.74, 6) is -1.68. The van der Waals surface area contributed by atoms with Gasteiger partial charge in [-0.1, -0.05) is 44.0 Å². The molecular weight excluding hydrogens is 392 g/mol. The third-order valence-electron chi connectivity index (χ3n) is 4.51. The fourth-order valence-electron chi connectivity index (χ4n) is 2.64. The van der Waals surface area contributed by atoms with Crippen LogP contribution in [0.2, 0.25) is 5.02 Å². The van der Waals surface area contributed by atoms with Crippen LogP contribution in [0, 0.1) is 12.8 Å². The predicted molar refractivity (Wildman–Crippen MR) is 113 cm³/mol. The van der Waals surface area contributed by atoms with Crippen molar-refractivity contribution in [2.75, 3.05) is 11.9 Å². The maximum absolute atomic E-state index is 12.5. The Hall–Kier alpha value is -2.86. The van der Waals surface area contributed by atoms with E-state index in [0.717, 1.165) is 5.56 Å². The molecule has 7 heteroatoms. The smallest absolute Gasteiger partial charge is 0.329 e. The van der Waals surface area contributed by atoms with Crippen LogP contribution in [0.4, 0.5) is 5.69 Å². The number of hydrogen-bond donors (Lipinski definition) is 2. The fraction of sp³-hybridized carbons (Fsp3) is 0.318. The van der Waals surface area contributed by atoms with Gasteiger partial charge in [-0.2, -0.15) is 0 Å². The molecule has 0 fully saturated rings. The zero-order chi connectivity index (χ0) is 21.4. The maximum Gasteiger partial charge on any atom is 0.329 e. The van der Waals surface area contributed by atoms with Crippen LogP contribution >= 0.6 is 11.6 Å². The van der Waals surface area contributed by atoms with E-state index >= 15 is 0 Å². The van der Waals surface area contributed by atoms with Crippen molar-refractivity contribution in [2.45, 2.75) is 33.2 Å². The topological polar surface area (TPSA) is 84.5 Å². The molecule has 0 aliphatic rings. The van der Waals surface area contributed by atoms with Crippen molar-refractivity contribution in [1.29, 1.82) is 0 Å². The second kappa shape index (κ2) is 10.6. The molecule has 0 saturated carbocycles. The summed E-state index contributed by atoms with van der Waals surface area (Å²) >= 11 is 5.84. The van der Waals surface area contributed by atoms with Crippen LogP contribution < -0.4 is 10.6 Å². The lowest BCUT2D eigenvalue weighted by molar-refractivity contribution is -0.150. The number of aryl methyl sites for hydroxylation is 1. The summed E-state index contributed by atoms with van der Waals surface area (Å²) in [6.45, 7) is 5.22. The molecule has 29 heavy (non-hydrogen) atoms. The second-order valence-electron chi connectivity index (χ2n) is 6.87. The Balaban J connectivity index is 1.96. The molecule has 2 aromatic carbocycles. The number of halogens is 1. The summed E-state index contributed by atoms with van der Waals surface area (Å²) in [5, 5.41) is 5.89.